The Kier molecular flexibility index (Phi) is 2.74. The zero-order valence-corrected chi connectivity index (χ0v) is 8.82. The second-order valence-corrected chi connectivity index (χ2v) is 4.20. The first kappa shape index (κ1) is 10.6. The van der Waals surface area contributed by atoms with Crippen LogP contribution in [0.2, 0.25) is 0 Å². The van der Waals surface area contributed by atoms with E-state index >= 15 is 0 Å². The summed E-state index contributed by atoms with van der Waals surface area (Å²) in [6.07, 6.45) is 1.27. The lowest BCUT2D eigenvalue weighted by Gasteiger charge is -2.31. The van der Waals surface area contributed by atoms with Crippen molar-refractivity contribution in [1.82, 2.24) is 5.32 Å². The minimum Gasteiger partial charge on any atom is -0.313 e. The first-order valence-corrected chi connectivity index (χ1v) is 5.28. The van der Waals surface area contributed by atoms with Crippen LogP contribution in [0.3, 0.4) is 0 Å². The molecule has 0 bridgehead atoms. The van der Waals surface area contributed by atoms with Crippen LogP contribution in [0.4, 0.5) is 8.78 Å². The fraction of sp³-hybridized carbons (Fsp3) is 0.500. The molecule has 1 N–H and O–H groups in total. The molecular weight excluding hydrogens is 196 g/mol. The smallest absolute Gasteiger partial charge is 0.148 e. The molecule has 0 aliphatic carbocycles. The summed E-state index contributed by atoms with van der Waals surface area (Å²) >= 11 is 0. The molecule has 0 spiro atoms. The van der Waals surface area contributed by atoms with Gasteiger partial charge in [-0.15, -0.1) is 0 Å². The molecule has 0 aromatic heterocycles. The molecule has 0 saturated carbocycles. The molecule has 1 aromatic rings. The number of alkyl halides is 1. The maximum Gasteiger partial charge on any atom is 0.148 e. The van der Waals surface area contributed by atoms with Crippen molar-refractivity contribution in [3.05, 3.63) is 35.1 Å². The minimum atomic E-state index is -1.40. The van der Waals surface area contributed by atoms with E-state index in [9.17, 15) is 8.78 Å². The molecule has 82 valence electrons. The maximum absolute atomic E-state index is 14.5. The minimum absolute atomic E-state index is 0.289. The van der Waals surface area contributed by atoms with Crippen LogP contribution in [0.25, 0.3) is 0 Å². The molecule has 0 radical (unpaired) electrons. The van der Waals surface area contributed by atoms with Crippen molar-refractivity contribution in [2.75, 3.05) is 13.1 Å². The summed E-state index contributed by atoms with van der Waals surface area (Å²) in [4.78, 5) is 0. The molecule has 1 aliphatic rings. The van der Waals surface area contributed by atoms with Gasteiger partial charge in [-0.2, -0.15) is 0 Å². The Hall–Kier alpha value is -0.960. The molecule has 1 heterocycles. The van der Waals surface area contributed by atoms with E-state index in [1.54, 1.807) is 6.07 Å². The van der Waals surface area contributed by atoms with Crippen molar-refractivity contribution >= 4 is 0 Å². The third-order valence-electron chi connectivity index (χ3n) is 3.01. The van der Waals surface area contributed by atoms with Crippen molar-refractivity contribution < 1.29 is 8.78 Å². The van der Waals surface area contributed by atoms with Crippen LogP contribution in [0, 0.1) is 12.7 Å². The summed E-state index contributed by atoms with van der Waals surface area (Å²) in [6, 6.07) is 4.33. The van der Waals surface area contributed by atoms with Gasteiger partial charge in [0.05, 0.1) is 0 Å². The average molecular weight is 211 g/mol. The largest absolute Gasteiger partial charge is 0.313 e. The molecule has 1 aliphatic heterocycles. The zero-order chi connectivity index (χ0) is 10.9. The van der Waals surface area contributed by atoms with E-state index in [1.165, 1.54) is 12.1 Å². The van der Waals surface area contributed by atoms with Crippen molar-refractivity contribution in [3.8, 4) is 0 Å². The third kappa shape index (κ3) is 2.02. The molecule has 1 fully saturated rings. The Morgan fingerprint density at radius 3 is 2.87 bits per heavy atom. The number of hydrogen-bond acceptors (Lipinski definition) is 1. The fourth-order valence-corrected chi connectivity index (χ4v) is 2.18. The van der Waals surface area contributed by atoms with Gasteiger partial charge >= 0.3 is 0 Å². The van der Waals surface area contributed by atoms with Gasteiger partial charge in [0.2, 0.25) is 0 Å². The number of aryl methyl sites for hydroxylation is 1. The molecule has 15 heavy (non-hydrogen) atoms. The van der Waals surface area contributed by atoms with Gasteiger partial charge in [0.1, 0.15) is 11.5 Å². The van der Waals surface area contributed by atoms with Crippen LogP contribution < -0.4 is 5.32 Å². The molecule has 1 unspecified atom stereocenters. The van der Waals surface area contributed by atoms with Gasteiger partial charge in [0.15, 0.2) is 0 Å². The number of nitrogens with one attached hydrogen (secondary N) is 1. The van der Waals surface area contributed by atoms with Gasteiger partial charge in [0, 0.05) is 6.54 Å². The molecule has 2 rings (SSSR count). The topological polar surface area (TPSA) is 12.0 Å². The van der Waals surface area contributed by atoms with E-state index in [-0.39, 0.29) is 12.4 Å². The number of benzene rings is 1. The van der Waals surface area contributed by atoms with E-state index in [1.807, 2.05) is 6.92 Å². The molecule has 0 amide bonds. The van der Waals surface area contributed by atoms with E-state index in [0.29, 0.717) is 12.0 Å². The fourth-order valence-electron chi connectivity index (χ4n) is 2.18. The SMILES string of the molecule is Cc1ccc(F)cc1C1(F)CCCNC1. The quantitative estimate of drug-likeness (QED) is 0.753. The average Bonchev–Trinajstić information content (AvgIpc) is 2.23. The van der Waals surface area contributed by atoms with E-state index < -0.39 is 5.67 Å². The van der Waals surface area contributed by atoms with Crippen molar-refractivity contribution in [3.63, 3.8) is 0 Å². The summed E-state index contributed by atoms with van der Waals surface area (Å²) in [7, 11) is 0. The van der Waals surface area contributed by atoms with E-state index in [4.69, 9.17) is 0 Å². The van der Waals surface area contributed by atoms with Crippen LogP contribution in [0.1, 0.15) is 24.0 Å². The Labute approximate surface area is 88.5 Å². The lowest BCUT2D eigenvalue weighted by atomic mass is 9.86. The Morgan fingerprint density at radius 2 is 2.20 bits per heavy atom. The van der Waals surface area contributed by atoms with Crippen LogP contribution in [-0.4, -0.2) is 13.1 Å². The number of rotatable bonds is 1. The second-order valence-electron chi connectivity index (χ2n) is 4.20. The Bertz CT molecular complexity index is 357. The van der Waals surface area contributed by atoms with Crippen molar-refractivity contribution in [2.45, 2.75) is 25.4 Å². The molecular formula is C12H15F2N. The molecule has 3 heteroatoms. The van der Waals surface area contributed by atoms with Crippen LogP contribution >= 0.6 is 0 Å². The predicted octanol–water partition coefficient (Wildman–Crippen LogP) is 2.68. The van der Waals surface area contributed by atoms with Crippen LogP contribution in [-0.2, 0) is 5.67 Å². The van der Waals surface area contributed by atoms with E-state index in [2.05, 4.69) is 5.32 Å². The Morgan fingerprint density at radius 1 is 1.40 bits per heavy atom. The van der Waals surface area contributed by atoms with Gasteiger partial charge in [-0.25, -0.2) is 8.78 Å². The monoisotopic (exact) mass is 211 g/mol. The molecule has 1 nitrogen and oxygen atoms in total. The molecule has 1 saturated heterocycles. The van der Waals surface area contributed by atoms with Crippen LogP contribution in [0.15, 0.2) is 18.2 Å². The lowest BCUT2D eigenvalue weighted by Crippen LogP contribution is -2.40. The molecule has 1 atom stereocenters. The van der Waals surface area contributed by atoms with Crippen LogP contribution in [0.5, 0.6) is 0 Å². The van der Waals surface area contributed by atoms with Gasteiger partial charge in [-0.1, -0.05) is 6.07 Å². The third-order valence-corrected chi connectivity index (χ3v) is 3.01. The summed E-state index contributed by atoms with van der Waals surface area (Å²) in [5, 5.41) is 3.02. The number of hydrogen-bond donors (Lipinski definition) is 1. The molecule has 1 aromatic carbocycles. The summed E-state index contributed by atoms with van der Waals surface area (Å²) in [6.45, 7) is 2.96. The van der Waals surface area contributed by atoms with Gasteiger partial charge in [-0.05, 0) is 49.6 Å². The first-order valence-electron chi connectivity index (χ1n) is 5.28. The second kappa shape index (κ2) is 3.89. The van der Waals surface area contributed by atoms with Gasteiger partial charge in [0.25, 0.3) is 0 Å². The predicted molar refractivity (Wildman–Crippen MR) is 56.0 cm³/mol. The van der Waals surface area contributed by atoms with Crippen molar-refractivity contribution in [1.29, 1.82) is 0 Å². The number of halogens is 2. The first-order chi connectivity index (χ1) is 7.12. The standard InChI is InChI=1S/C12H15F2N/c1-9-3-4-10(13)7-11(9)12(14)5-2-6-15-8-12/h3-4,7,15H,2,5-6,8H2,1H3. The zero-order valence-electron chi connectivity index (χ0n) is 8.82. The highest BCUT2D eigenvalue weighted by Crippen LogP contribution is 2.34. The summed E-state index contributed by atoms with van der Waals surface area (Å²) < 4.78 is 27.6. The summed E-state index contributed by atoms with van der Waals surface area (Å²) in [5.74, 6) is -0.363. The highest BCUT2D eigenvalue weighted by Gasteiger charge is 2.35. The maximum atomic E-state index is 14.5. The highest BCUT2D eigenvalue weighted by atomic mass is 19.1. The van der Waals surface area contributed by atoms with E-state index in [0.717, 1.165) is 18.5 Å². The lowest BCUT2D eigenvalue weighted by molar-refractivity contribution is 0.120. The number of piperidine rings is 1. The van der Waals surface area contributed by atoms with Crippen molar-refractivity contribution in [2.24, 2.45) is 0 Å². The normalized spacial score (nSPS) is 26.6. The van der Waals surface area contributed by atoms with Gasteiger partial charge in [-0.3, -0.25) is 0 Å². The Balaban J connectivity index is 2.38. The highest BCUT2D eigenvalue weighted by molar-refractivity contribution is 5.32. The van der Waals surface area contributed by atoms with Gasteiger partial charge < -0.3 is 5.32 Å². The summed E-state index contributed by atoms with van der Waals surface area (Å²) in [5.41, 5.74) is -0.0814.